The molecule has 21 heavy (non-hydrogen) atoms. The predicted molar refractivity (Wildman–Crippen MR) is 77.0 cm³/mol. The van der Waals surface area contributed by atoms with Gasteiger partial charge in [0.2, 0.25) is 0 Å². The van der Waals surface area contributed by atoms with Crippen LogP contribution < -0.4 is 5.32 Å². The number of halogens is 1. The molecule has 0 aliphatic rings. The van der Waals surface area contributed by atoms with Crippen LogP contribution in [0.3, 0.4) is 0 Å². The van der Waals surface area contributed by atoms with Crippen molar-refractivity contribution in [1.29, 1.82) is 0 Å². The molecule has 5 nitrogen and oxygen atoms in total. The number of esters is 1. The summed E-state index contributed by atoms with van der Waals surface area (Å²) in [5.41, 5.74) is 1.03. The lowest BCUT2D eigenvalue weighted by Gasteiger charge is -2.19. The van der Waals surface area contributed by atoms with Crippen molar-refractivity contribution in [3.63, 3.8) is 0 Å². The van der Waals surface area contributed by atoms with E-state index in [1.807, 2.05) is 0 Å². The van der Waals surface area contributed by atoms with Gasteiger partial charge in [0.25, 0.3) is 5.91 Å². The van der Waals surface area contributed by atoms with Gasteiger partial charge in [0.1, 0.15) is 6.26 Å². The number of ether oxygens (including phenoxy) is 1. The average Bonchev–Trinajstić information content (AvgIpc) is 3.01. The van der Waals surface area contributed by atoms with Crippen molar-refractivity contribution in [2.24, 2.45) is 0 Å². The van der Waals surface area contributed by atoms with Crippen molar-refractivity contribution in [3.05, 3.63) is 59.0 Å². The Hall–Kier alpha value is -2.27. The van der Waals surface area contributed by atoms with E-state index in [4.69, 9.17) is 16.0 Å². The van der Waals surface area contributed by atoms with E-state index in [9.17, 15) is 9.59 Å². The molecule has 0 bridgehead atoms. The molecule has 1 amide bonds. The molecule has 1 aromatic heterocycles. The molecule has 0 fully saturated rings. The highest BCUT2D eigenvalue weighted by atomic mass is 35.5. The second-order valence-corrected chi connectivity index (χ2v) is 4.75. The second kappa shape index (κ2) is 6.95. The van der Waals surface area contributed by atoms with Crippen LogP contribution in [0.1, 0.15) is 28.4 Å². The van der Waals surface area contributed by atoms with Crippen LogP contribution in [0.2, 0.25) is 5.02 Å². The van der Waals surface area contributed by atoms with Crippen molar-refractivity contribution >= 4 is 23.5 Å². The molecule has 0 radical (unpaired) electrons. The third kappa shape index (κ3) is 3.86. The molecule has 2 rings (SSSR count). The summed E-state index contributed by atoms with van der Waals surface area (Å²) < 4.78 is 9.53. The largest absolute Gasteiger partial charge is 0.472 e. The van der Waals surface area contributed by atoms with Gasteiger partial charge in [-0.3, -0.25) is 9.59 Å². The molecule has 6 heteroatoms. The first-order chi connectivity index (χ1) is 10.1. The molecule has 1 heterocycles. The van der Waals surface area contributed by atoms with E-state index in [0.717, 1.165) is 0 Å². The number of furan rings is 1. The monoisotopic (exact) mass is 307 g/mol. The van der Waals surface area contributed by atoms with Crippen LogP contribution in [0.4, 0.5) is 0 Å². The van der Waals surface area contributed by atoms with E-state index in [1.165, 1.54) is 25.7 Å². The standard InChI is InChI=1S/C15H14ClNO4/c1-20-14(18)8-13(11-4-2-3-5-12(11)16)17-15(19)10-6-7-21-9-10/h2-7,9,13H,8H2,1H3,(H,17,19). The van der Waals surface area contributed by atoms with Crippen LogP contribution >= 0.6 is 11.6 Å². The lowest BCUT2D eigenvalue weighted by Crippen LogP contribution is -2.30. The predicted octanol–water partition coefficient (Wildman–Crippen LogP) is 2.97. The third-order valence-corrected chi connectivity index (χ3v) is 3.31. The first-order valence-electron chi connectivity index (χ1n) is 6.26. The summed E-state index contributed by atoms with van der Waals surface area (Å²) in [4.78, 5) is 23.6. The molecular weight excluding hydrogens is 294 g/mol. The first-order valence-corrected chi connectivity index (χ1v) is 6.64. The minimum Gasteiger partial charge on any atom is -0.472 e. The molecule has 1 atom stereocenters. The Labute approximate surface area is 126 Å². The van der Waals surface area contributed by atoms with Crippen molar-refractivity contribution in [2.75, 3.05) is 7.11 Å². The van der Waals surface area contributed by atoms with Crippen LogP contribution in [0, 0.1) is 0 Å². The number of hydrogen-bond acceptors (Lipinski definition) is 4. The maximum Gasteiger partial charge on any atom is 0.307 e. The van der Waals surface area contributed by atoms with Gasteiger partial charge in [0.05, 0.1) is 31.4 Å². The van der Waals surface area contributed by atoms with E-state index >= 15 is 0 Å². The van der Waals surface area contributed by atoms with Gasteiger partial charge in [0, 0.05) is 5.02 Å². The smallest absolute Gasteiger partial charge is 0.307 e. The van der Waals surface area contributed by atoms with Gasteiger partial charge < -0.3 is 14.5 Å². The lowest BCUT2D eigenvalue weighted by molar-refractivity contribution is -0.141. The minimum atomic E-state index is -0.575. The Kier molecular flexibility index (Phi) is 5.00. The zero-order valence-corrected chi connectivity index (χ0v) is 12.1. The molecule has 0 aliphatic heterocycles. The molecule has 0 saturated heterocycles. The van der Waals surface area contributed by atoms with Crippen LogP contribution in [0.15, 0.2) is 47.3 Å². The normalized spacial score (nSPS) is 11.7. The highest BCUT2D eigenvalue weighted by Gasteiger charge is 2.21. The van der Waals surface area contributed by atoms with Crippen LogP contribution in [0.5, 0.6) is 0 Å². The van der Waals surface area contributed by atoms with Crippen LogP contribution in [-0.4, -0.2) is 19.0 Å². The van der Waals surface area contributed by atoms with Crippen molar-refractivity contribution in [1.82, 2.24) is 5.32 Å². The van der Waals surface area contributed by atoms with E-state index in [1.54, 1.807) is 24.3 Å². The maximum atomic E-state index is 12.1. The molecule has 2 aromatic rings. The minimum absolute atomic E-state index is 0.0101. The highest BCUT2D eigenvalue weighted by Crippen LogP contribution is 2.25. The fraction of sp³-hybridized carbons (Fsp3) is 0.200. The van der Waals surface area contributed by atoms with Crippen molar-refractivity contribution < 1.29 is 18.7 Å². The average molecular weight is 308 g/mol. The molecule has 1 unspecified atom stereocenters. The van der Waals surface area contributed by atoms with Gasteiger partial charge in [0.15, 0.2) is 0 Å². The van der Waals surface area contributed by atoms with E-state index < -0.39 is 12.0 Å². The topological polar surface area (TPSA) is 68.5 Å². The van der Waals surface area contributed by atoms with Crippen LogP contribution in [0.25, 0.3) is 0 Å². The number of carbonyl (C=O) groups excluding carboxylic acids is 2. The molecule has 110 valence electrons. The zero-order chi connectivity index (χ0) is 15.2. The third-order valence-electron chi connectivity index (χ3n) is 2.97. The van der Waals surface area contributed by atoms with Crippen molar-refractivity contribution in [2.45, 2.75) is 12.5 Å². The van der Waals surface area contributed by atoms with E-state index in [2.05, 4.69) is 10.1 Å². The van der Waals surface area contributed by atoms with Gasteiger partial charge in [-0.15, -0.1) is 0 Å². The molecule has 1 aromatic carbocycles. The number of hydrogen-bond donors (Lipinski definition) is 1. The number of rotatable bonds is 5. The quantitative estimate of drug-likeness (QED) is 0.862. The summed E-state index contributed by atoms with van der Waals surface area (Å²) in [6.07, 6.45) is 2.72. The summed E-state index contributed by atoms with van der Waals surface area (Å²) in [7, 11) is 1.30. The summed E-state index contributed by atoms with van der Waals surface area (Å²) in [5.74, 6) is -0.787. The van der Waals surface area contributed by atoms with Gasteiger partial charge in [-0.05, 0) is 17.7 Å². The Bertz CT molecular complexity index is 624. The van der Waals surface area contributed by atoms with Crippen molar-refractivity contribution in [3.8, 4) is 0 Å². The summed E-state index contributed by atoms with van der Waals surface area (Å²) in [6.45, 7) is 0. The number of benzene rings is 1. The van der Waals surface area contributed by atoms with Gasteiger partial charge in [-0.25, -0.2) is 0 Å². The van der Waals surface area contributed by atoms with Gasteiger partial charge in [-0.2, -0.15) is 0 Å². The number of amides is 1. The number of nitrogens with one attached hydrogen (secondary N) is 1. The highest BCUT2D eigenvalue weighted by molar-refractivity contribution is 6.31. The summed E-state index contributed by atoms with van der Waals surface area (Å²) in [5, 5.41) is 3.23. The second-order valence-electron chi connectivity index (χ2n) is 4.34. The Morgan fingerprint density at radius 1 is 1.33 bits per heavy atom. The number of methoxy groups -OCH3 is 1. The molecule has 0 spiro atoms. The SMILES string of the molecule is COC(=O)CC(NC(=O)c1ccoc1)c1ccccc1Cl. The van der Waals surface area contributed by atoms with Gasteiger partial charge in [-0.1, -0.05) is 29.8 Å². The lowest BCUT2D eigenvalue weighted by atomic mass is 10.0. The Morgan fingerprint density at radius 3 is 2.71 bits per heavy atom. The zero-order valence-electron chi connectivity index (χ0n) is 11.3. The fourth-order valence-electron chi connectivity index (χ4n) is 1.88. The maximum absolute atomic E-state index is 12.1. The summed E-state index contributed by atoms with van der Waals surface area (Å²) >= 11 is 6.13. The Morgan fingerprint density at radius 2 is 2.10 bits per heavy atom. The fourth-order valence-corrected chi connectivity index (χ4v) is 2.15. The van der Waals surface area contributed by atoms with Gasteiger partial charge >= 0.3 is 5.97 Å². The first kappa shape index (κ1) is 15.1. The van der Waals surface area contributed by atoms with E-state index in [0.29, 0.717) is 16.1 Å². The molecule has 0 aliphatic carbocycles. The Balaban J connectivity index is 2.22. The molecular formula is C15H14ClNO4. The van der Waals surface area contributed by atoms with E-state index in [-0.39, 0.29) is 12.3 Å². The summed E-state index contributed by atoms with van der Waals surface area (Å²) in [6, 6.07) is 7.98. The molecule has 1 N–H and O–H groups in total. The molecule has 0 saturated carbocycles. The van der Waals surface area contributed by atoms with Crippen LogP contribution in [-0.2, 0) is 9.53 Å². The number of carbonyl (C=O) groups is 2.